The molecule has 0 aromatic rings. The number of nitrogens with one attached hydrogen (secondary N) is 1. The van der Waals surface area contributed by atoms with E-state index in [1.165, 1.54) is 6.92 Å². The van der Waals surface area contributed by atoms with Crippen molar-refractivity contribution in [3.8, 4) is 0 Å². The third-order valence-corrected chi connectivity index (χ3v) is 0.539. The second-order valence-electron chi connectivity index (χ2n) is 1.79. The maximum absolute atomic E-state index is 9.28. The van der Waals surface area contributed by atoms with Crippen LogP contribution in [-0.4, -0.2) is 5.71 Å². The third-order valence-electron chi connectivity index (χ3n) is 0.539. The normalized spacial score (nSPS) is 8.08. The van der Waals surface area contributed by atoms with E-state index in [9.17, 15) is 5.11 Å². The van der Waals surface area contributed by atoms with Gasteiger partial charge in [-0.2, -0.15) is 18.4 Å². The Hall–Kier alpha value is 0.0490. The van der Waals surface area contributed by atoms with Crippen molar-refractivity contribution in [2.45, 2.75) is 20.3 Å². The topological polar surface area (TPSA) is 69.2 Å². The van der Waals surface area contributed by atoms with E-state index in [1.54, 1.807) is 6.92 Å². The Morgan fingerprint density at radius 3 is 1.75 bits per heavy atom. The predicted molar refractivity (Wildman–Crippen MR) is 42.1 cm³/mol. The fraction of sp³-hybridized carbons (Fsp3) is 0.429. The monoisotopic (exact) mass is 250 g/mol. The molecule has 1 N–H and O–H groups in total. The number of hydrogen-bond acceptors (Lipinski definition) is 1. The van der Waals surface area contributed by atoms with Gasteiger partial charge in [0.25, 0.3) is 0 Å². The third kappa shape index (κ3) is 50.2. The molecule has 3 nitrogen and oxygen atoms in total. The maximum Gasteiger partial charge on any atom is 3.00 e. The van der Waals surface area contributed by atoms with Gasteiger partial charge in [0.1, 0.15) is 0 Å². The average Bonchev–Trinajstić information content (AvgIpc) is 1.89. The van der Waals surface area contributed by atoms with Gasteiger partial charge in [-0.15, -0.1) is 0 Å². The van der Waals surface area contributed by atoms with Crippen molar-refractivity contribution in [3.05, 3.63) is 30.0 Å². The van der Waals surface area contributed by atoms with Gasteiger partial charge in [0, 0.05) is 0 Å². The molecule has 0 rings (SSSR count). The first-order chi connectivity index (χ1) is 4.54. The molecule has 0 atom stereocenters. The van der Waals surface area contributed by atoms with Gasteiger partial charge in [-0.25, -0.2) is 5.71 Å². The van der Waals surface area contributed by atoms with Gasteiger partial charge >= 0.3 is 34.1 Å². The molecule has 0 aliphatic rings. The Labute approximate surface area is 95.3 Å². The summed E-state index contributed by atoms with van der Waals surface area (Å²) < 4.78 is 0. The van der Waals surface area contributed by atoms with Gasteiger partial charge in [-0.1, -0.05) is 13.8 Å². The van der Waals surface area contributed by atoms with E-state index >= 15 is 0 Å². The van der Waals surface area contributed by atoms with Crippen LogP contribution in [0.15, 0.2) is 12.0 Å². The molecule has 0 heterocycles. The number of hydrogen-bond donors (Lipinski definition) is 0. The maximum atomic E-state index is 9.28. The van der Waals surface area contributed by atoms with Gasteiger partial charge in [0.05, 0.1) is 0 Å². The molecule has 1 radical (unpaired) electrons. The largest absolute Gasteiger partial charge is 3.00 e. The van der Waals surface area contributed by atoms with E-state index in [-0.39, 0.29) is 39.8 Å². The van der Waals surface area contributed by atoms with Crippen LogP contribution in [0.2, 0.25) is 0 Å². The minimum atomic E-state index is 0. The summed E-state index contributed by atoms with van der Waals surface area (Å²) in [5, 5.41) is 17.5. The molecule has 0 aliphatic carbocycles. The summed E-state index contributed by atoms with van der Waals surface area (Å²) in [5.74, 6) is 0. The SMILES string of the molecule is CC([NH-])=C[O-].[CH2-]CC(C)=[N-].[Mn+2].[Mn+3]. The summed E-state index contributed by atoms with van der Waals surface area (Å²) in [7, 11) is 0. The van der Waals surface area contributed by atoms with Crippen molar-refractivity contribution >= 4 is 5.71 Å². The van der Waals surface area contributed by atoms with Gasteiger partial charge in [0.15, 0.2) is 0 Å². The summed E-state index contributed by atoms with van der Waals surface area (Å²) in [4.78, 5) is 0. The van der Waals surface area contributed by atoms with Crippen LogP contribution in [0.25, 0.3) is 11.1 Å². The molecule has 0 fully saturated rings. The molecule has 5 heteroatoms. The zero-order chi connectivity index (χ0) is 8.57. The Kier molecular flexibility index (Phi) is 32.6. The molecule has 0 bridgehead atoms. The molecule has 0 aromatic heterocycles. The summed E-state index contributed by atoms with van der Waals surface area (Å²) in [6.45, 7) is 6.47. The van der Waals surface area contributed by atoms with Gasteiger partial charge < -0.3 is 23.2 Å². The van der Waals surface area contributed by atoms with E-state index in [0.717, 1.165) is 0 Å². The zero-order valence-corrected chi connectivity index (χ0v) is 9.46. The molecule has 0 unspecified atom stereocenters. The smallest absolute Gasteiger partial charge is 0.879 e. The number of nitrogens with zero attached hydrogens (tertiary/aromatic N) is 1. The molecule has 12 heavy (non-hydrogen) atoms. The molecule has 0 aliphatic heterocycles. The summed E-state index contributed by atoms with van der Waals surface area (Å²) in [6.07, 6.45) is 1.03. The summed E-state index contributed by atoms with van der Waals surface area (Å²) in [5.41, 5.74) is 6.84. The summed E-state index contributed by atoms with van der Waals surface area (Å²) in [6, 6.07) is 0. The predicted octanol–water partition coefficient (Wildman–Crippen LogP) is 1.50. The van der Waals surface area contributed by atoms with Crippen LogP contribution in [0.5, 0.6) is 0 Å². The first-order valence-corrected chi connectivity index (χ1v) is 2.85. The Morgan fingerprint density at radius 1 is 1.58 bits per heavy atom. The van der Waals surface area contributed by atoms with Crippen LogP contribution < -0.4 is 5.11 Å². The Morgan fingerprint density at radius 2 is 1.75 bits per heavy atom. The van der Waals surface area contributed by atoms with E-state index in [4.69, 9.17) is 11.1 Å². The fourth-order valence-electron chi connectivity index (χ4n) is 0. The van der Waals surface area contributed by atoms with Crippen molar-refractivity contribution in [3.63, 3.8) is 0 Å². The first kappa shape index (κ1) is 22.7. The fourth-order valence-corrected chi connectivity index (χ4v) is 0. The van der Waals surface area contributed by atoms with Crippen molar-refractivity contribution in [1.29, 1.82) is 0 Å². The first-order valence-electron chi connectivity index (χ1n) is 2.85. The quantitative estimate of drug-likeness (QED) is 0.301. The molecular formula is C7H12Mn2N2O+. The van der Waals surface area contributed by atoms with Crippen LogP contribution in [0.1, 0.15) is 20.3 Å². The molecule has 69 valence electrons. The molecule has 0 saturated carbocycles. The minimum absolute atomic E-state index is 0. The Bertz CT molecular complexity index is 123. The molecule has 0 aromatic carbocycles. The molecular weight excluding hydrogens is 238 g/mol. The van der Waals surface area contributed by atoms with Crippen molar-refractivity contribution in [2.75, 3.05) is 0 Å². The van der Waals surface area contributed by atoms with Crippen LogP contribution in [0, 0.1) is 6.92 Å². The van der Waals surface area contributed by atoms with Crippen molar-refractivity contribution in [1.82, 2.24) is 0 Å². The van der Waals surface area contributed by atoms with Crippen molar-refractivity contribution < 1.29 is 39.2 Å². The van der Waals surface area contributed by atoms with Crippen molar-refractivity contribution in [2.24, 2.45) is 0 Å². The van der Waals surface area contributed by atoms with E-state index in [2.05, 4.69) is 6.92 Å². The second kappa shape index (κ2) is 17.2. The van der Waals surface area contributed by atoms with Gasteiger partial charge in [-0.05, 0) is 0 Å². The second-order valence-corrected chi connectivity index (χ2v) is 1.79. The molecule has 0 saturated heterocycles. The van der Waals surface area contributed by atoms with Gasteiger partial charge in [0.2, 0.25) is 0 Å². The van der Waals surface area contributed by atoms with Crippen LogP contribution in [0.4, 0.5) is 0 Å². The van der Waals surface area contributed by atoms with Crippen LogP contribution >= 0.6 is 0 Å². The molecule has 0 spiro atoms. The zero-order valence-electron chi connectivity index (χ0n) is 7.10. The number of rotatable bonds is 1. The van der Waals surface area contributed by atoms with E-state index in [0.29, 0.717) is 18.4 Å². The average molecular weight is 250 g/mol. The Balaban J connectivity index is -0.0000000457. The van der Waals surface area contributed by atoms with E-state index in [1.807, 2.05) is 0 Å². The minimum Gasteiger partial charge on any atom is -0.879 e. The van der Waals surface area contributed by atoms with E-state index < -0.39 is 0 Å². The van der Waals surface area contributed by atoms with Crippen LogP contribution in [0.3, 0.4) is 0 Å². The molecule has 0 amide bonds. The number of allylic oxidation sites excluding steroid dienone is 1. The van der Waals surface area contributed by atoms with Gasteiger partial charge in [-0.3, -0.25) is 0 Å². The van der Waals surface area contributed by atoms with Crippen LogP contribution in [-0.2, 0) is 34.1 Å². The summed E-state index contributed by atoms with van der Waals surface area (Å²) >= 11 is 0. The standard InChI is InChI=1S/C4H7N.C3H6NO.2Mn/c1-3-4(2)5;1-3(4)2-5;;/h1,3H2,2H3;2,4-5H,1H3;;/q-2;-1;+2;+3/p-1.